The van der Waals surface area contributed by atoms with Crippen molar-refractivity contribution >= 4 is 35.3 Å². The van der Waals surface area contributed by atoms with Gasteiger partial charge in [0, 0.05) is 0 Å². The summed E-state index contributed by atoms with van der Waals surface area (Å²) in [5.74, 6) is 1.01. The van der Waals surface area contributed by atoms with Crippen molar-refractivity contribution in [1.82, 2.24) is 0 Å². The predicted molar refractivity (Wildman–Crippen MR) is 58.8 cm³/mol. The van der Waals surface area contributed by atoms with E-state index in [1.54, 1.807) is 18.2 Å². The molecule has 1 rings (SSSR count). The van der Waals surface area contributed by atoms with Crippen molar-refractivity contribution in [3.8, 4) is 11.5 Å². The monoisotopic (exact) mass is 346 g/mol. The summed E-state index contributed by atoms with van der Waals surface area (Å²) in [6.07, 6.45) is 0. The van der Waals surface area contributed by atoms with Gasteiger partial charge in [-0.1, -0.05) is 0 Å². The van der Waals surface area contributed by atoms with E-state index in [1.165, 1.54) is 14.2 Å². The molecule has 0 fully saturated rings. The van der Waals surface area contributed by atoms with E-state index in [0.717, 1.165) is 0 Å². The van der Waals surface area contributed by atoms with E-state index >= 15 is 0 Å². The molecule has 0 heterocycles. The van der Waals surface area contributed by atoms with Crippen LogP contribution in [-0.2, 0) is 0 Å². The molecule has 0 unspecified atom stereocenters. The van der Waals surface area contributed by atoms with Gasteiger partial charge in [-0.25, -0.2) is 0 Å². The average molecular weight is 346 g/mol. The van der Waals surface area contributed by atoms with Crippen LogP contribution >= 0.6 is 15.9 Å². The number of benzene rings is 1. The molecule has 0 aliphatic rings. The molecule has 0 N–H and O–H groups in total. The summed E-state index contributed by atoms with van der Waals surface area (Å²) in [5, 5.41) is 0. The van der Waals surface area contributed by atoms with Crippen LogP contribution in [0.2, 0.25) is 0 Å². The predicted octanol–water partition coefficient (Wildman–Crippen LogP) is 1.98. The molecule has 0 aliphatic carbocycles. The Labute approximate surface area is 101 Å². The van der Waals surface area contributed by atoms with Crippen LogP contribution in [0.25, 0.3) is 0 Å². The summed E-state index contributed by atoms with van der Waals surface area (Å²) < 4.78 is 33.1. The van der Waals surface area contributed by atoms with E-state index in [4.69, 9.17) is 9.47 Å². The van der Waals surface area contributed by atoms with Crippen LogP contribution in [0.5, 0.6) is 11.5 Å². The molecule has 1 aromatic carbocycles. The standard InChI is InChI=1S/C9H9BrF2O2Se/c1-13-6-3-4-8(7(5-6)14-2)15-9(10,11)12/h3-5H,1-2H3. The molecule has 6 heteroatoms. The molecule has 0 radical (unpaired) electrons. The fourth-order valence-corrected chi connectivity index (χ4v) is 3.21. The summed E-state index contributed by atoms with van der Waals surface area (Å²) in [6, 6.07) is 4.82. The Hall–Kier alpha value is -0.321. The Bertz CT molecular complexity index is 341. The van der Waals surface area contributed by atoms with E-state index in [2.05, 4.69) is 15.9 Å². The van der Waals surface area contributed by atoms with Gasteiger partial charge >= 0.3 is 101 Å². The first-order chi connectivity index (χ1) is 6.96. The van der Waals surface area contributed by atoms with Crippen molar-refractivity contribution in [1.29, 1.82) is 0 Å². The van der Waals surface area contributed by atoms with Crippen molar-refractivity contribution < 1.29 is 18.3 Å². The number of hydrogen-bond acceptors (Lipinski definition) is 2. The maximum absolute atomic E-state index is 12.8. The normalized spacial score (nSPS) is 11.3. The SMILES string of the molecule is COc1ccc([Se]C(F)(F)Br)c(OC)c1. The van der Waals surface area contributed by atoms with E-state index in [9.17, 15) is 8.78 Å². The van der Waals surface area contributed by atoms with Crippen LogP contribution in [0, 0.1) is 0 Å². The zero-order valence-corrected chi connectivity index (χ0v) is 11.4. The van der Waals surface area contributed by atoms with E-state index in [1.807, 2.05) is 0 Å². The van der Waals surface area contributed by atoms with Gasteiger partial charge < -0.3 is 0 Å². The summed E-state index contributed by atoms with van der Waals surface area (Å²) in [4.78, 5) is 0. The molecule has 0 aromatic heterocycles. The molecular weight excluding hydrogens is 337 g/mol. The van der Waals surface area contributed by atoms with Gasteiger partial charge in [-0.3, -0.25) is 0 Å². The van der Waals surface area contributed by atoms with Crippen molar-refractivity contribution in [3.05, 3.63) is 18.2 Å². The van der Waals surface area contributed by atoms with Gasteiger partial charge in [-0.15, -0.1) is 0 Å². The molecule has 15 heavy (non-hydrogen) atoms. The van der Waals surface area contributed by atoms with Gasteiger partial charge in [0.1, 0.15) is 0 Å². The Kier molecular flexibility index (Phi) is 4.37. The number of methoxy groups -OCH3 is 2. The van der Waals surface area contributed by atoms with Crippen molar-refractivity contribution in [2.24, 2.45) is 0 Å². The first-order valence-electron chi connectivity index (χ1n) is 3.94. The summed E-state index contributed by atoms with van der Waals surface area (Å²) in [7, 11) is 2.96. The Morgan fingerprint density at radius 3 is 2.40 bits per heavy atom. The minimum atomic E-state index is -2.86. The number of hydrogen-bond donors (Lipinski definition) is 0. The summed E-state index contributed by atoms with van der Waals surface area (Å²) in [5.41, 5.74) is 0. The first kappa shape index (κ1) is 12.7. The average Bonchev–Trinajstić information content (AvgIpc) is 2.16. The molecular formula is C9H9BrF2O2Se. The van der Waals surface area contributed by atoms with Crippen molar-refractivity contribution in [2.45, 2.75) is 3.73 Å². The number of halogens is 3. The first-order valence-corrected chi connectivity index (χ1v) is 6.44. The van der Waals surface area contributed by atoms with Crippen LogP contribution in [0.15, 0.2) is 18.2 Å². The van der Waals surface area contributed by atoms with Gasteiger partial charge in [0.2, 0.25) is 0 Å². The van der Waals surface area contributed by atoms with Crippen LogP contribution in [0.1, 0.15) is 0 Å². The fourth-order valence-electron chi connectivity index (χ4n) is 0.984. The van der Waals surface area contributed by atoms with Crippen molar-refractivity contribution in [2.75, 3.05) is 14.2 Å². The Morgan fingerprint density at radius 2 is 1.93 bits per heavy atom. The van der Waals surface area contributed by atoms with E-state index in [0.29, 0.717) is 16.0 Å². The zero-order valence-electron chi connectivity index (χ0n) is 8.09. The third kappa shape index (κ3) is 3.97. The Balaban J connectivity index is 2.97. The van der Waals surface area contributed by atoms with E-state index in [-0.39, 0.29) is 0 Å². The third-order valence-corrected chi connectivity index (χ3v) is 4.09. The molecule has 0 saturated heterocycles. The second-order valence-corrected chi connectivity index (χ2v) is 7.17. The minimum absolute atomic E-state index is 0.425. The Morgan fingerprint density at radius 1 is 1.27 bits per heavy atom. The van der Waals surface area contributed by atoms with Crippen LogP contribution in [-0.4, -0.2) is 32.9 Å². The van der Waals surface area contributed by atoms with Crippen LogP contribution < -0.4 is 13.9 Å². The third-order valence-electron chi connectivity index (χ3n) is 1.60. The number of alkyl halides is 3. The molecule has 1 aromatic rings. The quantitative estimate of drug-likeness (QED) is 0.613. The molecule has 2 nitrogen and oxygen atoms in total. The van der Waals surface area contributed by atoms with E-state index < -0.39 is 18.7 Å². The topological polar surface area (TPSA) is 18.5 Å². The molecule has 0 spiro atoms. The number of ether oxygens (including phenoxy) is 2. The molecule has 0 aliphatic heterocycles. The van der Waals surface area contributed by atoms with Gasteiger partial charge in [0.05, 0.1) is 0 Å². The van der Waals surface area contributed by atoms with Gasteiger partial charge in [-0.2, -0.15) is 0 Å². The van der Waals surface area contributed by atoms with Gasteiger partial charge in [-0.05, 0) is 0 Å². The van der Waals surface area contributed by atoms with Gasteiger partial charge in [0.15, 0.2) is 0 Å². The van der Waals surface area contributed by atoms with Crippen molar-refractivity contribution in [3.63, 3.8) is 0 Å². The zero-order chi connectivity index (χ0) is 11.5. The molecule has 0 bridgehead atoms. The second-order valence-electron chi connectivity index (χ2n) is 2.56. The second kappa shape index (κ2) is 5.14. The molecule has 0 atom stereocenters. The summed E-state index contributed by atoms with van der Waals surface area (Å²) in [6.45, 7) is 0. The van der Waals surface area contributed by atoms with Gasteiger partial charge in [0.25, 0.3) is 0 Å². The number of rotatable bonds is 4. The van der Waals surface area contributed by atoms with Crippen LogP contribution in [0.4, 0.5) is 8.78 Å². The van der Waals surface area contributed by atoms with Crippen LogP contribution in [0.3, 0.4) is 0 Å². The summed E-state index contributed by atoms with van der Waals surface area (Å²) >= 11 is 1.31. The molecule has 0 amide bonds. The molecule has 84 valence electrons. The molecule has 0 saturated carbocycles. The fraction of sp³-hybridized carbons (Fsp3) is 0.333. The maximum atomic E-state index is 12.8.